The van der Waals surface area contributed by atoms with Gasteiger partial charge in [0.05, 0.1) is 12.7 Å². The zero-order valence-corrected chi connectivity index (χ0v) is 8.69. The quantitative estimate of drug-likeness (QED) is 0.717. The Hall–Kier alpha value is -0.340. The molecule has 0 saturated heterocycles. The van der Waals surface area contributed by atoms with Crippen LogP contribution in [0, 0.1) is 0 Å². The van der Waals surface area contributed by atoms with Gasteiger partial charge in [0, 0.05) is 4.88 Å². The molecule has 0 aliphatic heterocycles. The van der Waals surface area contributed by atoms with Gasteiger partial charge in [0.2, 0.25) is 0 Å². The molecule has 1 fully saturated rings. The van der Waals surface area contributed by atoms with Gasteiger partial charge in [-0.1, -0.05) is 25.3 Å². The zero-order valence-electron chi connectivity index (χ0n) is 7.87. The summed E-state index contributed by atoms with van der Waals surface area (Å²) in [6.45, 7) is 0.822. The fourth-order valence-electron chi connectivity index (χ4n) is 1.83. The average Bonchev–Trinajstić information content (AvgIpc) is 2.69. The SMILES string of the molecule is c1csc(COC2CCCCC2)c1. The van der Waals surface area contributed by atoms with E-state index in [-0.39, 0.29) is 0 Å². The maximum absolute atomic E-state index is 5.84. The van der Waals surface area contributed by atoms with Gasteiger partial charge in [0.1, 0.15) is 0 Å². The summed E-state index contributed by atoms with van der Waals surface area (Å²) < 4.78 is 5.84. The van der Waals surface area contributed by atoms with Gasteiger partial charge in [0.15, 0.2) is 0 Å². The van der Waals surface area contributed by atoms with E-state index in [9.17, 15) is 0 Å². The summed E-state index contributed by atoms with van der Waals surface area (Å²) in [5, 5.41) is 2.11. The molecule has 0 N–H and O–H groups in total. The third-order valence-corrected chi connectivity index (χ3v) is 3.44. The molecule has 0 aromatic carbocycles. The minimum Gasteiger partial charge on any atom is -0.373 e. The molecule has 2 rings (SSSR count). The second-order valence-electron chi connectivity index (χ2n) is 3.65. The van der Waals surface area contributed by atoms with Gasteiger partial charge in [-0.05, 0) is 24.3 Å². The van der Waals surface area contributed by atoms with Crippen molar-refractivity contribution in [3.8, 4) is 0 Å². The molecule has 0 spiro atoms. The number of rotatable bonds is 3. The molecule has 1 aliphatic carbocycles. The number of ether oxygens (including phenoxy) is 1. The van der Waals surface area contributed by atoms with Gasteiger partial charge in [-0.15, -0.1) is 11.3 Å². The Morgan fingerprint density at radius 2 is 2.15 bits per heavy atom. The van der Waals surface area contributed by atoms with E-state index in [2.05, 4.69) is 17.5 Å². The Morgan fingerprint density at radius 1 is 1.31 bits per heavy atom. The van der Waals surface area contributed by atoms with Crippen molar-refractivity contribution in [2.75, 3.05) is 0 Å². The molecule has 72 valence electrons. The van der Waals surface area contributed by atoms with Gasteiger partial charge in [-0.3, -0.25) is 0 Å². The Bertz CT molecular complexity index is 224. The summed E-state index contributed by atoms with van der Waals surface area (Å²) in [7, 11) is 0. The highest BCUT2D eigenvalue weighted by Crippen LogP contribution is 2.22. The summed E-state index contributed by atoms with van der Waals surface area (Å²) in [6, 6.07) is 4.23. The lowest BCUT2D eigenvalue weighted by molar-refractivity contribution is 0.0182. The van der Waals surface area contributed by atoms with E-state index < -0.39 is 0 Å². The molecule has 1 saturated carbocycles. The Morgan fingerprint density at radius 3 is 2.85 bits per heavy atom. The van der Waals surface area contributed by atoms with Gasteiger partial charge in [-0.2, -0.15) is 0 Å². The third kappa shape index (κ3) is 2.82. The summed E-state index contributed by atoms with van der Waals surface area (Å²) in [6.07, 6.45) is 7.19. The van der Waals surface area contributed by atoms with E-state index in [0.29, 0.717) is 6.10 Å². The highest BCUT2D eigenvalue weighted by Gasteiger charge is 2.13. The molecule has 1 heterocycles. The second kappa shape index (κ2) is 4.77. The lowest BCUT2D eigenvalue weighted by Gasteiger charge is -2.21. The van der Waals surface area contributed by atoms with Crippen LogP contribution in [-0.2, 0) is 11.3 Å². The molecule has 0 amide bonds. The van der Waals surface area contributed by atoms with Crippen LogP contribution in [0.5, 0.6) is 0 Å². The first-order chi connectivity index (χ1) is 6.45. The average molecular weight is 196 g/mol. The monoisotopic (exact) mass is 196 g/mol. The number of hydrogen-bond acceptors (Lipinski definition) is 2. The van der Waals surface area contributed by atoms with E-state index in [0.717, 1.165) is 6.61 Å². The molecule has 0 unspecified atom stereocenters. The van der Waals surface area contributed by atoms with Gasteiger partial charge < -0.3 is 4.74 Å². The van der Waals surface area contributed by atoms with Crippen LogP contribution in [0.1, 0.15) is 37.0 Å². The van der Waals surface area contributed by atoms with Gasteiger partial charge >= 0.3 is 0 Å². The van der Waals surface area contributed by atoms with Crippen LogP contribution in [0.4, 0.5) is 0 Å². The van der Waals surface area contributed by atoms with Crippen molar-refractivity contribution in [3.05, 3.63) is 22.4 Å². The standard InChI is InChI=1S/C11H16OS/c1-2-5-10(6-3-1)12-9-11-7-4-8-13-11/h4,7-8,10H,1-3,5-6,9H2. The minimum atomic E-state index is 0.538. The first-order valence-electron chi connectivity index (χ1n) is 5.09. The molecule has 0 atom stereocenters. The smallest absolute Gasteiger partial charge is 0.0813 e. The fourth-order valence-corrected chi connectivity index (χ4v) is 2.45. The van der Waals surface area contributed by atoms with Crippen molar-refractivity contribution < 1.29 is 4.74 Å². The van der Waals surface area contributed by atoms with E-state index in [1.54, 1.807) is 11.3 Å². The summed E-state index contributed by atoms with van der Waals surface area (Å²) >= 11 is 1.79. The molecule has 0 radical (unpaired) electrons. The van der Waals surface area contributed by atoms with Crippen molar-refractivity contribution in [3.63, 3.8) is 0 Å². The highest BCUT2D eigenvalue weighted by molar-refractivity contribution is 7.09. The van der Waals surface area contributed by atoms with E-state index in [1.807, 2.05) is 0 Å². The summed E-state index contributed by atoms with van der Waals surface area (Å²) in [5.74, 6) is 0. The highest BCUT2D eigenvalue weighted by atomic mass is 32.1. The predicted octanol–water partition coefficient (Wildman–Crippen LogP) is 3.60. The summed E-state index contributed by atoms with van der Waals surface area (Å²) in [4.78, 5) is 1.35. The first-order valence-corrected chi connectivity index (χ1v) is 5.97. The molecule has 1 aromatic heterocycles. The largest absolute Gasteiger partial charge is 0.373 e. The topological polar surface area (TPSA) is 9.23 Å². The Labute approximate surface area is 83.7 Å². The van der Waals surface area contributed by atoms with Crippen molar-refractivity contribution in [2.45, 2.75) is 44.8 Å². The molecule has 13 heavy (non-hydrogen) atoms. The first kappa shape index (κ1) is 9.22. The van der Waals surface area contributed by atoms with Crippen molar-refractivity contribution >= 4 is 11.3 Å². The van der Waals surface area contributed by atoms with Crippen molar-refractivity contribution in [1.29, 1.82) is 0 Å². The van der Waals surface area contributed by atoms with Crippen molar-refractivity contribution in [1.82, 2.24) is 0 Å². The van der Waals surface area contributed by atoms with Crippen LogP contribution < -0.4 is 0 Å². The fraction of sp³-hybridized carbons (Fsp3) is 0.636. The van der Waals surface area contributed by atoms with E-state index in [4.69, 9.17) is 4.74 Å². The Kier molecular flexibility index (Phi) is 3.39. The lowest BCUT2D eigenvalue weighted by atomic mass is 9.98. The van der Waals surface area contributed by atoms with Gasteiger partial charge in [-0.25, -0.2) is 0 Å². The van der Waals surface area contributed by atoms with Crippen LogP contribution in [0.25, 0.3) is 0 Å². The number of hydrogen-bond donors (Lipinski definition) is 0. The third-order valence-electron chi connectivity index (χ3n) is 2.59. The maximum atomic E-state index is 5.84. The molecule has 1 aliphatic rings. The molecular weight excluding hydrogens is 180 g/mol. The van der Waals surface area contributed by atoms with Crippen LogP contribution in [0.15, 0.2) is 17.5 Å². The Balaban J connectivity index is 1.72. The number of thiophene rings is 1. The normalized spacial score (nSPS) is 19.1. The van der Waals surface area contributed by atoms with Crippen LogP contribution in [0.2, 0.25) is 0 Å². The zero-order chi connectivity index (χ0) is 8.93. The van der Waals surface area contributed by atoms with Crippen LogP contribution >= 0.6 is 11.3 Å². The summed E-state index contributed by atoms with van der Waals surface area (Å²) in [5.41, 5.74) is 0. The minimum absolute atomic E-state index is 0.538. The predicted molar refractivity (Wildman–Crippen MR) is 56.0 cm³/mol. The maximum Gasteiger partial charge on any atom is 0.0813 e. The molecule has 1 aromatic rings. The van der Waals surface area contributed by atoms with E-state index in [1.165, 1.54) is 37.0 Å². The molecular formula is C11H16OS. The molecule has 2 heteroatoms. The lowest BCUT2D eigenvalue weighted by Crippen LogP contribution is -2.15. The van der Waals surface area contributed by atoms with Crippen LogP contribution in [0.3, 0.4) is 0 Å². The molecule has 0 bridgehead atoms. The second-order valence-corrected chi connectivity index (χ2v) is 4.68. The van der Waals surface area contributed by atoms with Crippen molar-refractivity contribution in [2.24, 2.45) is 0 Å². The van der Waals surface area contributed by atoms with Gasteiger partial charge in [0.25, 0.3) is 0 Å². The van der Waals surface area contributed by atoms with Crippen LogP contribution in [-0.4, -0.2) is 6.10 Å². The van der Waals surface area contributed by atoms with E-state index >= 15 is 0 Å². The molecule has 1 nitrogen and oxygen atoms in total.